The molecule has 3 aromatic heterocycles. The van der Waals surface area contributed by atoms with Crippen molar-refractivity contribution in [2.24, 2.45) is 5.41 Å². The molecule has 0 atom stereocenters. The van der Waals surface area contributed by atoms with E-state index in [0.717, 1.165) is 43.3 Å². The van der Waals surface area contributed by atoms with Gasteiger partial charge >= 0.3 is 0 Å². The molecule has 0 unspecified atom stereocenters. The molecule has 6 rings (SSSR count). The van der Waals surface area contributed by atoms with E-state index in [0.29, 0.717) is 5.41 Å². The molecule has 4 aromatic rings. The SMILES string of the molecule is c1ccc2c(c1)[nH]c1c[n+](-c3ccc(N4CCC5(CC4)COC5)nc3)ccc12. The number of para-hydroxylation sites is 1. The van der Waals surface area contributed by atoms with Gasteiger partial charge < -0.3 is 14.6 Å². The zero-order valence-electron chi connectivity index (χ0n) is 15.8. The van der Waals surface area contributed by atoms with E-state index in [1.165, 1.54) is 29.1 Å². The lowest BCUT2D eigenvalue weighted by atomic mass is 9.77. The summed E-state index contributed by atoms with van der Waals surface area (Å²) >= 11 is 0. The van der Waals surface area contributed by atoms with Crippen LogP contribution in [0.15, 0.2) is 61.1 Å². The van der Waals surface area contributed by atoms with Crippen molar-refractivity contribution in [1.29, 1.82) is 0 Å². The molecule has 2 fully saturated rings. The lowest BCUT2D eigenvalue weighted by Crippen LogP contribution is -2.51. The summed E-state index contributed by atoms with van der Waals surface area (Å²) in [5.74, 6) is 1.08. The molecule has 0 radical (unpaired) electrons. The third-order valence-corrected chi connectivity index (χ3v) is 6.44. The monoisotopic (exact) mass is 371 g/mol. The van der Waals surface area contributed by atoms with E-state index in [2.05, 4.69) is 69.3 Å². The first kappa shape index (κ1) is 16.1. The Labute approximate surface area is 163 Å². The minimum absolute atomic E-state index is 0.460. The number of fused-ring (bicyclic) bond motifs is 3. The number of nitrogens with one attached hydrogen (secondary N) is 1. The van der Waals surface area contributed by atoms with E-state index in [9.17, 15) is 0 Å². The average Bonchev–Trinajstić information content (AvgIpc) is 3.11. The van der Waals surface area contributed by atoms with E-state index >= 15 is 0 Å². The van der Waals surface area contributed by atoms with Gasteiger partial charge in [0.25, 0.3) is 0 Å². The molecule has 0 bridgehead atoms. The number of hydrogen-bond acceptors (Lipinski definition) is 3. The van der Waals surface area contributed by atoms with Gasteiger partial charge in [0.1, 0.15) is 17.5 Å². The van der Waals surface area contributed by atoms with Crippen LogP contribution in [-0.2, 0) is 4.74 Å². The van der Waals surface area contributed by atoms with Crippen LogP contribution in [0.5, 0.6) is 0 Å². The predicted octanol–water partition coefficient (Wildman–Crippen LogP) is 3.61. The number of ether oxygens (including phenoxy) is 1. The minimum Gasteiger partial charge on any atom is -0.380 e. The van der Waals surface area contributed by atoms with Gasteiger partial charge in [-0.3, -0.25) is 0 Å². The van der Waals surface area contributed by atoms with Gasteiger partial charge in [-0.25, -0.2) is 4.98 Å². The summed E-state index contributed by atoms with van der Waals surface area (Å²) in [6, 6.07) is 14.9. The molecule has 5 heteroatoms. The molecule has 1 aromatic carbocycles. The number of rotatable bonds is 2. The summed E-state index contributed by atoms with van der Waals surface area (Å²) < 4.78 is 7.56. The Bertz CT molecular complexity index is 1150. The number of nitrogens with zero attached hydrogens (tertiary/aromatic N) is 3. The van der Waals surface area contributed by atoms with Crippen LogP contribution >= 0.6 is 0 Å². The second kappa shape index (κ2) is 6.04. The fourth-order valence-corrected chi connectivity index (χ4v) is 4.57. The first-order valence-corrected chi connectivity index (χ1v) is 10.0. The van der Waals surface area contributed by atoms with Crippen molar-refractivity contribution in [3.05, 3.63) is 61.1 Å². The standard InChI is InChI=1S/C23H22N4O/c1-2-4-20-18(3-1)19-7-10-27(14-21(19)25-20)17-5-6-22(24-13-17)26-11-8-23(9-12-26)15-28-16-23/h1-7,10,13-14H,8-9,11-12,15-16H2/p+1. The minimum atomic E-state index is 0.460. The lowest BCUT2D eigenvalue weighted by molar-refractivity contribution is -0.594. The van der Waals surface area contributed by atoms with Gasteiger partial charge in [-0.1, -0.05) is 18.2 Å². The number of aromatic amines is 1. The van der Waals surface area contributed by atoms with Crippen molar-refractivity contribution < 1.29 is 9.30 Å². The number of aromatic nitrogens is 3. The van der Waals surface area contributed by atoms with Gasteiger partial charge in [-0.05, 0) is 25.0 Å². The normalized spacial score (nSPS) is 18.6. The molecular weight excluding hydrogens is 348 g/mol. The lowest BCUT2D eigenvalue weighted by Gasteiger charge is -2.47. The van der Waals surface area contributed by atoms with Crippen molar-refractivity contribution in [2.75, 3.05) is 31.2 Å². The van der Waals surface area contributed by atoms with E-state index in [4.69, 9.17) is 9.72 Å². The second-order valence-corrected chi connectivity index (χ2v) is 8.20. The highest BCUT2D eigenvalue weighted by Crippen LogP contribution is 2.39. The van der Waals surface area contributed by atoms with Gasteiger partial charge in [0.15, 0.2) is 12.4 Å². The Morgan fingerprint density at radius 3 is 2.54 bits per heavy atom. The maximum atomic E-state index is 5.43. The zero-order valence-corrected chi connectivity index (χ0v) is 15.8. The Hall–Kier alpha value is -2.92. The van der Waals surface area contributed by atoms with E-state index < -0.39 is 0 Å². The number of anilines is 1. The summed E-state index contributed by atoms with van der Waals surface area (Å²) in [7, 11) is 0. The van der Waals surface area contributed by atoms with Crippen LogP contribution in [0.25, 0.3) is 27.5 Å². The quantitative estimate of drug-likeness (QED) is 0.548. The van der Waals surface area contributed by atoms with Gasteiger partial charge in [0.2, 0.25) is 5.69 Å². The molecule has 2 aliphatic rings. The topological polar surface area (TPSA) is 45.0 Å². The number of hydrogen-bond donors (Lipinski definition) is 1. The summed E-state index contributed by atoms with van der Waals surface area (Å²) in [6.45, 7) is 4.04. The largest absolute Gasteiger partial charge is 0.380 e. The van der Waals surface area contributed by atoms with E-state index in [1.807, 2.05) is 6.20 Å². The van der Waals surface area contributed by atoms with E-state index in [1.54, 1.807) is 0 Å². The molecular formula is C23H23N4O+. The predicted molar refractivity (Wildman–Crippen MR) is 110 cm³/mol. The Balaban J connectivity index is 1.26. The van der Waals surface area contributed by atoms with Gasteiger partial charge in [-0.2, -0.15) is 4.57 Å². The van der Waals surface area contributed by atoms with E-state index in [-0.39, 0.29) is 0 Å². The highest BCUT2D eigenvalue weighted by atomic mass is 16.5. The Morgan fingerprint density at radius 1 is 0.964 bits per heavy atom. The fourth-order valence-electron chi connectivity index (χ4n) is 4.57. The van der Waals surface area contributed by atoms with Crippen LogP contribution in [0.2, 0.25) is 0 Å². The van der Waals surface area contributed by atoms with Crippen molar-refractivity contribution in [3.8, 4) is 5.69 Å². The van der Waals surface area contributed by atoms with Crippen molar-refractivity contribution >= 4 is 27.6 Å². The summed E-state index contributed by atoms with van der Waals surface area (Å²) in [6.07, 6.45) is 8.65. The molecule has 5 nitrogen and oxygen atoms in total. The molecule has 0 saturated carbocycles. The molecule has 2 aliphatic heterocycles. The highest BCUT2D eigenvalue weighted by molar-refractivity contribution is 6.06. The molecule has 1 N–H and O–H groups in total. The first-order chi connectivity index (χ1) is 13.8. The highest BCUT2D eigenvalue weighted by Gasteiger charge is 2.41. The van der Waals surface area contributed by atoms with Crippen LogP contribution in [0.3, 0.4) is 0 Å². The summed E-state index contributed by atoms with van der Waals surface area (Å²) in [5, 5.41) is 2.51. The zero-order chi connectivity index (χ0) is 18.6. The molecule has 0 aliphatic carbocycles. The number of pyridine rings is 2. The molecule has 2 saturated heterocycles. The van der Waals surface area contributed by atoms with Crippen LogP contribution in [0.1, 0.15) is 12.8 Å². The molecule has 5 heterocycles. The number of benzene rings is 1. The first-order valence-electron chi connectivity index (χ1n) is 10.0. The fraction of sp³-hybridized carbons (Fsp3) is 0.304. The summed E-state index contributed by atoms with van der Waals surface area (Å²) in [4.78, 5) is 10.7. The van der Waals surface area contributed by atoms with Gasteiger partial charge in [0, 0.05) is 46.9 Å². The Morgan fingerprint density at radius 2 is 1.79 bits per heavy atom. The smallest absolute Gasteiger partial charge is 0.229 e. The van der Waals surface area contributed by atoms with Gasteiger partial charge in [-0.15, -0.1) is 0 Å². The van der Waals surface area contributed by atoms with Crippen molar-refractivity contribution in [1.82, 2.24) is 9.97 Å². The molecule has 140 valence electrons. The van der Waals surface area contributed by atoms with Crippen LogP contribution in [0.4, 0.5) is 5.82 Å². The number of piperidine rings is 1. The third kappa shape index (κ3) is 2.50. The van der Waals surface area contributed by atoms with Crippen LogP contribution in [0, 0.1) is 5.41 Å². The molecule has 28 heavy (non-hydrogen) atoms. The van der Waals surface area contributed by atoms with Crippen LogP contribution < -0.4 is 9.47 Å². The average molecular weight is 371 g/mol. The van der Waals surface area contributed by atoms with Crippen molar-refractivity contribution in [2.45, 2.75) is 12.8 Å². The maximum Gasteiger partial charge on any atom is 0.229 e. The maximum absolute atomic E-state index is 5.43. The number of H-pyrrole nitrogens is 1. The van der Waals surface area contributed by atoms with Gasteiger partial charge in [0.05, 0.1) is 13.2 Å². The Kier molecular flexibility index (Phi) is 3.47. The molecule has 1 spiro atoms. The molecule has 0 amide bonds. The van der Waals surface area contributed by atoms with Crippen molar-refractivity contribution in [3.63, 3.8) is 0 Å². The third-order valence-electron chi connectivity index (χ3n) is 6.44. The second-order valence-electron chi connectivity index (χ2n) is 8.20. The summed E-state index contributed by atoms with van der Waals surface area (Å²) in [5.41, 5.74) is 3.84. The van der Waals surface area contributed by atoms with Crippen LogP contribution in [-0.4, -0.2) is 36.3 Å².